The van der Waals surface area contributed by atoms with E-state index < -0.39 is 14.1 Å². The molecule has 160 valence electrons. The molecule has 0 bridgehead atoms. The molecule has 2 atom stereocenters. The lowest BCUT2D eigenvalue weighted by atomic mass is 9.74. The summed E-state index contributed by atoms with van der Waals surface area (Å²) in [5, 5.41) is 0. The van der Waals surface area contributed by atoms with Gasteiger partial charge in [0.05, 0.1) is 24.7 Å². The van der Waals surface area contributed by atoms with Gasteiger partial charge in [0.15, 0.2) is 0 Å². The van der Waals surface area contributed by atoms with Crippen LogP contribution in [0.2, 0.25) is 16.6 Å². The number of hydrogen-bond donors (Lipinski definition) is 0. The predicted molar refractivity (Wildman–Crippen MR) is 118 cm³/mol. The van der Waals surface area contributed by atoms with Crippen molar-refractivity contribution in [2.75, 3.05) is 13.2 Å². The fourth-order valence-electron chi connectivity index (χ4n) is 5.49. The Morgan fingerprint density at radius 3 is 2.34 bits per heavy atom. The summed E-state index contributed by atoms with van der Waals surface area (Å²) >= 11 is 0. The van der Waals surface area contributed by atoms with E-state index in [0.717, 1.165) is 6.42 Å². The highest BCUT2D eigenvalue weighted by molar-refractivity contribution is 6.77. The minimum atomic E-state index is -2.31. The van der Waals surface area contributed by atoms with Gasteiger partial charge in [0.25, 0.3) is 0 Å². The van der Waals surface area contributed by atoms with E-state index in [9.17, 15) is 4.79 Å². The summed E-state index contributed by atoms with van der Waals surface area (Å²) in [5.41, 5.74) is 4.20. The molecular weight excluding hydrogens is 380 g/mol. The third-order valence-corrected chi connectivity index (χ3v) is 12.8. The van der Waals surface area contributed by atoms with Crippen molar-refractivity contribution in [3.8, 4) is 0 Å². The highest BCUT2D eigenvalue weighted by Gasteiger charge is 2.62. The van der Waals surface area contributed by atoms with Gasteiger partial charge in [-0.15, -0.1) is 0 Å². The van der Waals surface area contributed by atoms with Gasteiger partial charge in [-0.2, -0.15) is 0 Å². The third kappa shape index (κ3) is 3.51. The zero-order chi connectivity index (χ0) is 21.4. The largest absolute Gasteiger partial charge is 0.462 e. The second-order valence-electron chi connectivity index (χ2n) is 9.16. The van der Waals surface area contributed by atoms with E-state index >= 15 is 0 Å². The highest BCUT2D eigenvalue weighted by atomic mass is 28.4. The molecule has 1 heterocycles. The van der Waals surface area contributed by atoms with Crippen LogP contribution in [-0.4, -0.2) is 33.3 Å². The molecule has 0 saturated heterocycles. The first-order chi connectivity index (χ1) is 13.7. The molecule has 2 aliphatic rings. The average molecular weight is 417 g/mol. The Labute approximate surface area is 176 Å². The molecule has 0 radical (unpaired) electrons. The van der Waals surface area contributed by atoms with E-state index in [-0.39, 0.29) is 11.9 Å². The van der Waals surface area contributed by atoms with Gasteiger partial charge in [-0.25, -0.2) is 4.79 Å². The van der Waals surface area contributed by atoms with E-state index in [1.165, 1.54) is 11.1 Å². The van der Waals surface area contributed by atoms with Crippen molar-refractivity contribution in [3.05, 3.63) is 47.0 Å². The third-order valence-electron chi connectivity index (χ3n) is 6.73. The maximum absolute atomic E-state index is 12.9. The van der Waals surface area contributed by atoms with Crippen LogP contribution >= 0.6 is 0 Å². The minimum absolute atomic E-state index is 0.0799. The van der Waals surface area contributed by atoms with Crippen molar-refractivity contribution >= 4 is 14.3 Å². The summed E-state index contributed by atoms with van der Waals surface area (Å²) < 4.78 is 19.1. The lowest BCUT2D eigenvalue weighted by Crippen LogP contribution is -2.62. The summed E-state index contributed by atoms with van der Waals surface area (Å²) in [7, 11) is -2.31. The van der Waals surface area contributed by atoms with Crippen molar-refractivity contribution in [1.82, 2.24) is 0 Å². The normalized spacial score (nSPS) is 23.9. The number of hydrogen-bond acceptors (Lipinski definition) is 4. The van der Waals surface area contributed by atoms with E-state index in [4.69, 9.17) is 13.9 Å². The van der Waals surface area contributed by atoms with Crippen LogP contribution in [0.1, 0.15) is 65.5 Å². The molecule has 1 aromatic rings. The van der Waals surface area contributed by atoms with Crippen LogP contribution in [0.5, 0.6) is 0 Å². The fraction of sp³-hybridized carbons (Fsp3) is 0.625. The second-order valence-corrected chi connectivity index (χ2v) is 14.5. The Morgan fingerprint density at radius 2 is 1.76 bits per heavy atom. The fourth-order valence-corrected chi connectivity index (χ4v) is 11.0. The topological polar surface area (TPSA) is 44.8 Å². The van der Waals surface area contributed by atoms with Crippen LogP contribution in [0, 0.1) is 0 Å². The molecule has 0 aromatic heterocycles. The van der Waals surface area contributed by atoms with E-state index in [1.807, 2.05) is 13.0 Å². The highest BCUT2D eigenvalue weighted by Crippen LogP contribution is 2.56. The molecule has 0 N–H and O–H groups in total. The molecule has 3 rings (SSSR count). The first kappa shape index (κ1) is 22.3. The van der Waals surface area contributed by atoms with Crippen molar-refractivity contribution in [2.45, 2.75) is 83.2 Å². The zero-order valence-corrected chi connectivity index (χ0v) is 20.0. The van der Waals surface area contributed by atoms with Gasteiger partial charge in [-0.1, -0.05) is 71.9 Å². The van der Waals surface area contributed by atoms with Crippen molar-refractivity contribution in [3.63, 3.8) is 0 Å². The van der Waals surface area contributed by atoms with Crippen molar-refractivity contribution < 1.29 is 18.7 Å². The van der Waals surface area contributed by atoms with Gasteiger partial charge < -0.3 is 13.9 Å². The van der Waals surface area contributed by atoms with Crippen LogP contribution in [0.3, 0.4) is 0 Å². The molecule has 1 aliphatic heterocycles. The molecule has 0 amide bonds. The second kappa shape index (κ2) is 8.36. The first-order valence-electron chi connectivity index (χ1n) is 11.0. The summed E-state index contributed by atoms with van der Waals surface area (Å²) in [6.45, 7) is 16.3. The molecule has 0 spiro atoms. The number of esters is 1. The average Bonchev–Trinajstić information content (AvgIpc) is 2.74. The van der Waals surface area contributed by atoms with Crippen LogP contribution in [-0.2, 0) is 25.1 Å². The quantitative estimate of drug-likeness (QED) is 0.420. The molecule has 4 nitrogen and oxygen atoms in total. The van der Waals surface area contributed by atoms with E-state index in [2.05, 4.69) is 65.8 Å². The van der Waals surface area contributed by atoms with Crippen LogP contribution in [0.4, 0.5) is 0 Å². The van der Waals surface area contributed by atoms with Gasteiger partial charge in [-0.05, 0) is 41.1 Å². The zero-order valence-electron chi connectivity index (χ0n) is 19.0. The number of fused-ring (bicyclic) bond motifs is 3. The van der Waals surface area contributed by atoms with Crippen molar-refractivity contribution in [2.24, 2.45) is 0 Å². The molecule has 0 saturated carbocycles. The minimum Gasteiger partial charge on any atom is -0.462 e. The monoisotopic (exact) mass is 416 g/mol. The molecule has 1 aliphatic carbocycles. The van der Waals surface area contributed by atoms with E-state index in [1.54, 1.807) is 0 Å². The Bertz CT molecular complexity index is 761. The molecule has 29 heavy (non-hydrogen) atoms. The summed E-state index contributed by atoms with van der Waals surface area (Å²) in [5.74, 6) is -1.44. The van der Waals surface area contributed by atoms with Gasteiger partial charge in [-0.3, -0.25) is 0 Å². The molecule has 0 unspecified atom stereocenters. The van der Waals surface area contributed by atoms with Gasteiger partial charge in [0.1, 0.15) is 0 Å². The lowest BCUT2D eigenvalue weighted by molar-refractivity contribution is -0.193. The Hall–Kier alpha value is -1.43. The molecule has 1 aromatic carbocycles. The number of carbonyl (C=O) groups is 1. The smallest absolute Gasteiger partial charge is 0.339 e. The standard InChI is InChI=1S/C24H36O4Si/c1-8-26-23(25)22-15-21-20-12-10-9-11-19(20)13-14-27-24(21,22)28-29(16(2)3,17(4)5)18(6)7/h9-12,15-18,21H,8,13-14H2,1-7H3/t21-,24-/m0/s1. The molecule has 0 fully saturated rings. The number of benzene rings is 1. The van der Waals surface area contributed by atoms with Gasteiger partial charge in [0.2, 0.25) is 14.1 Å². The van der Waals surface area contributed by atoms with Gasteiger partial charge >= 0.3 is 5.97 Å². The summed E-state index contributed by atoms with van der Waals surface area (Å²) in [4.78, 5) is 12.9. The van der Waals surface area contributed by atoms with Crippen LogP contribution < -0.4 is 0 Å². The number of carbonyl (C=O) groups excluding carboxylic acids is 1. The maximum Gasteiger partial charge on any atom is 0.339 e. The maximum atomic E-state index is 12.9. The first-order valence-corrected chi connectivity index (χ1v) is 13.2. The number of ether oxygens (including phenoxy) is 2. The lowest BCUT2D eigenvalue weighted by Gasteiger charge is -2.54. The summed E-state index contributed by atoms with van der Waals surface area (Å²) in [6.07, 6.45) is 2.82. The Balaban J connectivity index is 2.15. The summed E-state index contributed by atoms with van der Waals surface area (Å²) in [6, 6.07) is 8.43. The Morgan fingerprint density at radius 1 is 1.14 bits per heavy atom. The van der Waals surface area contributed by atoms with Crippen LogP contribution in [0.15, 0.2) is 35.9 Å². The van der Waals surface area contributed by atoms with Crippen molar-refractivity contribution in [1.29, 1.82) is 0 Å². The Kier molecular flexibility index (Phi) is 6.42. The van der Waals surface area contributed by atoms with Gasteiger partial charge in [0, 0.05) is 0 Å². The SMILES string of the molecule is CCOC(=O)C1=C[C@H]2c3ccccc3CCO[C@@]12O[Si](C(C)C)(C(C)C)C(C)C. The van der Waals surface area contributed by atoms with E-state index in [0.29, 0.717) is 35.4 Å². The molecule has 5 heteroatoms. The van der Waals surface area contributed by atoms with Crippen LogP contribution in [0.25, 0.3) is 0 Å². The number of rotatable bonds is 7. The predicted octanol–water partition coefficient (Wildman–Crippen LogP) is 5.73. The molecular formula is C24H36O4Si.